The average molecular weight is 366 g/mol. The molecule has 3 nitrogen and oxygen atoms in total. The summed E-state index contributed by atoms with van der Waals surface area (Å²) in [5, 5.41) is 6.49. The van der Waals surface area contributed by atoms with Crippen molar-refractivity contribution in [1.82, 2.24) is 0 Å². The Hall–Kier alpha value is -2.92. The first-order valence-electron chi connectivity index (χ1n) is 8.21. The predicted octanol–water partition coefficient (Wildman–Crippen LogP) is 5.52. The minimum atomic E-state index is -0.305. The molecule has 0 aliphatic carbocycles. The second-order valence-corrected chi connectivity index (χ2v) is 6.25. The van der Waals surface area contributed by atoms with Crippen LogP contribution in [0.2, 0.25) is 0 Å². The van der Waals surface area contributed by atoms with E-state index in [0.717, 1.165) is 22.6 Å². The lowest BCUT2D eigenvalue weighted by atomic mass is 10.2. The van der Waals surface area contributed by atoms with Crippen LogP contribution in [0.15, 0.2) is 72.8 Å². The van der Waals surface area contributed by atoms with E-state index in [4.69, 9.17) is 17.0 Å². The lowest BCUT2D eigenvalue weighted by Gasteiger charge is -2.13. The van der Waals surface area contributed by atoms with Gasteiger partial charge in [-0.05, 0) is 66.7 Å². The Morgan fingerprint density at radius 1 is 0.962 bits per heavy atom. The molecule has 0 aliphatic heterocycles. The number of hydrogen-bond donors (Lipinski definition) is 2. The molecule has 3 rings (SSSR count). The molecule has 0 saturated heterocycles. The van der Waals surface area contributed by atoms with Gasteiger partial charge in [-0.3, -0.25) is 0 Å². The fourth-order valence-electron chi connectivity index (χ4n) is 2.39. The maximum Gasteiger partial charge on any atom is 0.175 e. The van der Waals surface area contributed by atoms with Crippen LogP contribution in [0.5, 0.6) is 5.75 Å². The van der Waals surface area contributed by atoms with E-state index >= 15 is 0 Å². The van der Waals surface area contributed by atoms with Crippen LogP contribution in [0.25, 0.3) is 0 Å². The third-order valence-electron chi connectivity index (χ3n) is 3.81. The Balaban J connectivity index is 1.55. The monoisotopic (exact) mass is 366 g/mol. The lowest BCUT2D eigenvalue weighted by molar-refractivity contribution is 0.306. The molecule has 132 valence electrons. The molecule has 0 unspecified atom stereocenters. The summed E-state index contributed by atoms with van der Waals surface area (Å²) in [6.07, 6.45) is 0. The Morgan fingerprint density at radius 2 is 1.69 bits per heavy atom. The molecular weight excluding hydrogens is 347 g/mol. The van der Waals surface area contributed by atoms with Crippen LogP contribution in [0.4, 0.5) is 15.8 Å². The van der Waals surface area contributed by atoms with Crippen LogP contribution >= 0.6 is 12.2 Å². The molecule has 0 heterocycles. The van der Waals surface area contributed by atoms with E-state index in [9.17, 15) is 4.39 Å². The maximum absolute atomic E-state index is 13.3. The van der Waals surface area contributed by atoms with E-state index in [1.165, 1.54) is 12.1 Å². The molecule has 0 saturated carbocycles. The van der Waals surface area contributed by atoms with Crippen molar-refractivity contribution in [2.75, 3.05) is 10.6 Å². The zero-order valence-electron chi connectivity index (χ0n) is 14.3. The van der Waals surface area contributed by atoms with Crippen molar-refractivity contribution in [2.45, 2.75) is 13.5 Å². The van der Waals surface area contributed by atoms with Crippen molar-refractivity contribution in [2.24, 2.45) is 0 Å². The van der Waals surface area contributed by atoms with Gasteiger partial charge in [0.25, 0.3) is 0 Å². The molecule has 0 aromatic heterocycles. The minimum Gasteiger partial charge on any atom is -0.489 e. The van der Waals surface area contributed by atoms with E-state index in [1.807, 2.05) is 61.5 Å². The van der Waals surface area contributed by atoms with Gasteiger partial charge in [0.15, 0.2) is 5.11 Å². The highest BCUT2D eigenvalue weighted by Gasteiger charge is 2.04. The van der Waals surface area contributed by atoms with Gasteiger partial charge >= 0.3 is 0 Å². The smallest absolute Gasteiger partial charge is 0.175 e. The van der Waals surface area contributed by atoms with Gasteiger partial charge < -0.3 is 15.4 Å². The van der Waals surface area contributed by atoms with Gasteiger partial charge in [0.2, 0.25) is 0 Å². The Labute approximate surface area is 157 Å². The predicted molar refractivity (Wildman–Crippen MR) is 108 cm³/mol. The summed E-state index contributed by atoms with van der Waals surface area (Å²) >= 11 is 5.29. The van der Waals surface area contributed by atoms with Crippen molar-refractivity contribution in [3.8, 4) is 5.75 Å². The third-order valence-corrected chi connectivity index (χ3v) is 4.01. The number of thiocarbonyl (C=S) groups is 1. The van der Waals surface area contributed by atoms with Crippen LogP contribution in [0.3, 0.4) is 0 Å². The molecule has 0 spiro atoms. The highest BCUT2D eigenvalue weighted by molar-refractivity contribution is 7.80. The van der Waals surface area contributed by atoms with Crippen LogP contribution in [0, 0.1) is 12.7 Å². The largest absolute Gasteiger partial charge is 0.489 e. The van der Waals surface area contributed by atoms with E-state index in [0.29, 0.717) is 17.4 Å². The molecular formula is C21H19FN2OS. The topological polar surface area (TPSA) is 33.3 Å². The fourth-order valence-corrected chi connectivity index (χ4v) is 2.62. The van der Waals surface area contributed by atoms with Gasteiger partial charge in [-0.25, -0.2) is 4.39 Å². The average Bonchev–Trinajstić information content (AvgIpc) is 2.65. The van der Waals surface area contributed by atoms with Crippen LogP contribution in [0.1, 0.15) is 11.1 Å². The Bertz CT molecular complexity index is 882. The van der Waals surface area contributed by atoms with E-state index in [2.05, 4.69) is 10.6 Å². The number of ether oxygens (including phenoxy) is 1. The van der Waals surface area contributed by atoms with Crippen molar-refractivity contribution >= 4 is 28.7 Å². The first-order chi connectivity index (χ1) is 12.6. The molecule has 3 aromatic rings. The number of hydrogen-bond acceptors (Lipinski definition) is 2. The number of benzene rings is 3. The van der Waals surface area contributed by atoms with E-state index < -0.39 is 0 Å². The number of rotatable bonds is 5. The molecule has 3 aromatic carbocycles. The second-order valence-electron chi connectivity index (χ2n) is 5.84. The summed E-state index contributed by atoms with van der Waals surface area (Å²) in [7, 11) is 0. The molecule has 0 amide bonds. The normalized spacial score (nSPS) is 10.2. The number of halogens is 1. The second kappa shape index (κ2) is 8.45. The van der Waals surface area contributed by atoms with Crippen LogP contribution in [-0.2, 0) is 6.61 Å². The first-order valence-corrected chi connectivity index (χ1v) is 8.62. The van der Waals surface area contributed by atoms with Crippen molar-refractivity contribution in [1.29, 1.82) is 0 Å². The number of anilines is 2. The quantitative estimate of drug-likeness (QED) is 0.582. The van der Waals surface area contributed by atoms with Crippen LogP contribution in [-0.4, -0.2) is 5.11 Å². The maximum atomic E-state index is 13.3. The van der Waals surface area contributed by atoms with Gasteiger partial charge in [0, 0.05) is 11.4 Å². The Kier molecular flexibility index (Phi) is 5.81. The zero-order valence-corrected chi connectivity index (χ0v) is 15.1. The van der Waals surface area contributed by atoms with Crippen LogP contribution < -0.4 is 15.4 Å². The van der Waals surface area contributed by atoms with Gasteiger partial charge in [0.1, 0.15) is 18.2 Å². The molecule has 5 heteroatoms. The Morgan fingerprint density at radius 3 is 2.42 bits per heavy atom. The van der Waals surface area contributed by atoms with Gasteiger partial charge in [0.05, 0.1) is 0 Å². The number of nitrogens with one attached hydrogen (secondary N) is 2. The summed E-state index contributed by atoms with van der Waals surface area (Å²) in [6, 6.07) is 22.1. The highest BCUT2D eigenvalue weighted by Crippen LogP contribution is 2.19. The molecule has 0 radical (unpaired) electrons. The molecule has 0 atom stereocenters. The van der Waals surface area contributed by atoms with E-state index in [-0.39, 0.29) is 5.82 Å². The SMILES string of the molecule is Cc1ccc(F)cc1NC(=S)Nc1ccc(OCc2ccccc2)cc1. The molecule has 0 fully saturated rings. The summed E-state index contributed by atoms with van der Waals surface area (Å²) in [5.74, 6) is 0.472. The molecule has 26 heavy (non-hydrogen) atoms. The standard InChI is InChI=1S/C21H19FN2OS/c1-15-7-8-17(22)13-20(15)24-21(26)23-18-9-11-19(12-10-18)25-14-16-5-3-2-4-6-16/h2-13H,14H2,1H3,(H2,23,24,26). The first kappa shape index (κ1) is 17.9. The minimum absolute atomic E-state index is 0.305. The molecule has 0 aliphatic rings. The van der Waals surface area contributed by atoms with E-state index in [1.54, 1.807) is 6.07 Å². The molecule has 2 N–H and O–H groups in total. The summed E-state index contributed by atoms with van der Waals surface area (Å²) in [6.45, 7) is 2.41. The van der Waals surface area contributed by atoms with Crippen molar-refractivity contribution in [3.05, 3.63) is 89.7 Å². The fraction of sp³-hybridized carbons (Fsp3) is 0.0952. The number of aryl methyl sites for hydroxylation is 1. The third kappa shape index (κ3) is 5.04. The van der Waals surface area contributed by atoms with Gasteiger partial charge in [-0.15, -0.1) is 0 Å². The zero-order chi connectivity index (χ0) is 18.4. The van der Waals surface area contributed by atoms with Crippen molar-refractivity contribution in [3.63, 3.8) is 0 Å². The summed E-state index contributed by atoms with van der Waals surface area (Å²) < 4.78 is 19.1. The lowest BCUT2D eigenvalue weighted by Crippen LogP contribution is -2.19. The highest BCUT2D eigenvalue weighted by atomic mass is 32.1. The van der Waals surface area contributed by atoms with Gasteiger partial charge in [-0.1, -0.05) is 36.4 Å². The van der Waals surface area contributed by atoms with Gasteiger partial charge in [-0.2, -0.15) is 0 Å². The van der Waals surface area contributed by atoms with Crippen molar-refractivity contribution < 1.29 is 9.13 Å². The molecule has 0 bridgehead atoms. The summed E-state index contributed by atoms with van der Waals surface area (Å²) in [5.41, 5.74) is 3.50. The summed E-state index contributed by atoms with van der Waals surface area (Å²) in [4.78, 5) is 0.